The van der Waals surface area contributed by atoms with Gasteiger partial charge in [-0.05, 0) is 79.6 Å². The molecule has 0 bridgehead atoms. The van der Waals surface area contributed by atoms with Crippen LogP contribution in [0.4, 0.5) is 5.69 Å². The third-order valence-electron chi connectivity index (χ3n) is 4.37. The van der Waals surface area contributed by atoms with Gasteiger partial charge >= 0.3 is 5.97 Å². The maximum atomic E-state index is 12.1. The Kier molecular flexibility index (Phi) is 7.14. The fourth-order valence-corrected chi connectivity index (χ4v) is 3.69. The van der Waals surface area contributed by atoms with Crippen LogP contribution in [0.1, 0.15) is 21.5 Å². The first kappa shape index (κ1) is 21.5. The van der Waals surface area contributed by atoms with Gasteiger partial charge in [-0.1, -0.05) is 23.9 Å². The minimum absolute atomic E-state index is 0.357. The first-order valence-corrected chi connectivity index (χ1v) is 10.2. The molecule has 0 fully saturated rings. The molecule has 0 unspecified atom stereocenters. The molecule has 0 aliphatic carbocycles. The molecule has 0 radical (unpaired) electrons. The summed E-state index contributed by atoms with van der Waals surface area (Å²) in [6.07, 6.45) is 0. The molecule has 1 N–H and O–H groups in total. The van der Waals surface area contributed by atoms with Crippen LogP contribution >= 0.6 is 11.8 Å². The Morgan fingerprint density at radius 3 is 2.30 bits per heavy atom. The van der Waals surface area contributed by atoms with Gasteiger partial charge in [-0.25, -0.2) is 4.79 Å². The van der Waals surface area contributed by atoms with E-state index in [9.17, 15) is 9.59 Å². The molecule has 6 heteroatoms. The Balaban J connectivity index is 1.51. The number of hydrogen-bond acceptors (Lipinski definition) is 5. The zero-order valence-corrected chi connectivity index (χ0v) is 17.9. The van der Waals surface area contributed by atoms with Gasteiger partial charge in [0.2, 0.25) is 0 Å². The highest BCUT2D eigenvalue weighted by Gasteiger charge is 2.11. The van der Waals surface area contributed by atoms with Crippen LogP contribution < -0.4 is 10.1 Å². The van der Waals surface area contributed by atoms with Crippen LogP contribution in [0.2, 0.25) is 0 Å². The van der Waals surface area contributed by atoms with E-state index in [4.69, 9.17) is 9.47 Å². The van der Waals surface area contributed by atoms with Crippen molar-refractivity contribution in [2.45, 2.75) is 23.6 Å². The molecule has 0 saturated heterocycles. The van der Waals surface area contributed by atoms with Crippen LogP contribution in [-0.2, 0) is 9.53 Å². The molecule has 3 aromatic rings. The van der Waals surface area contributed by atoms with Crippen molar-refractivity contribution in [1.82, 2.24) is 0 Å². The van der Waals surface area contributed by atoms with Crippen molar-refractivity contribution in [3.63, 3.8) is 0 Å². The normalized spacial score (nSPS) is 10.4. The Labute approximate surface area is 180 Å². The van der Waals surface area contributed by atoms with Gasteiger partial charge in [0, 0.05) is 15.5 Å². The molecule has 0 spiro atoms. The van der Waals surface area contributed by atoms with Gasteiger partial charge in [-0.2, -0.15) is 0 Å². The van der Waals surface area contributed by atoms with E-state index >= 15 is 0 Å². The minimum atomic E-state index is -0.562. The zero-order valence-electron chi connectivity index (χ0n) is 17.1. The van der Waals surface area contributed by atoms with Gasteiger partial charge in [0.15, 0.2) is 6.61 Å². The summed E-state index contributed by atoms with van der Waals surface area (Å²) in [4.78, 5) is 26.4. The van der Waals surface area contributed by atoms with Crippen molar-refractivity contribution in [1.29, 1.82) is 0 Å². The van der Waals surface area contributed by atoms with E-state index in [1.807, 2.05) is 24.3 Å². The Morgan fingerprint density at radius 1 is 0.933 bits per heavy atom. The summed E-state index contributed by atoms with van der Waals surface area (Å²) >= 11 is 1.68. The standard InChI is InChI=1S/C24H23NO4S/c1-16-4-5-17(2)22(14-16)30-21-12-8-19(9-13-21)25-23(26)15-29-24(27)18-6-10-20(28-3)11-7-18/h4-14H,15H2,1-3H3,(H,25,26). The first-order chi connectivity index (χ1) is 14.4. The van der Waals surface area contributed by atoms with Crippen molar-refractivity contribution in [2.75, 3.05) is 19.0 Å². The molecule has 5 nitrogen and oxygen atoms in total. The number of rotatable bonds is 7. The lowest BCUT2D eigenvalue weighted by Gasteiger charge is -2.09. The highest BCUT2D eigenvalue weighted by molar-refractivity contribution is 7.99. The number of benzene rings is 3. The second-order valence-electron chi connectivity index (χ2n) is 6.75. The monoisotopic (exact) mass is 421 g/mol. The van der Waals surface area contributed by atoms with Gasteiger partial charge in [0.05, 0.1) is 12.7 Å². The summed E-state index contributed by atoms with van der Waals surface area (Å²) in [5.74, 6) is -0.316. The number of hydrogen-bond donors (Lipinski definition) is 1. The van der Waals surface area contributed by atoms with Crippen molar-refractivity contribution in [3.05, 3.63) is 83.4 Å². The molecule has 3 aromatic carbocycles. The summed E-state index contributed by atoms with van der Waals surface area (Å²) in [7, 11) is 1.55. The molecule has 0 heterocycles. The third-order valence-corrected chi connectivity index (χ3v) is 5.54. The van der Waals surface area contributed by atoms with Gasteiger partial charge in [-0.3, -0.25) is 4.79 Å². The second-order valence-corrected chi connectivity index (χ2v) is 7.86. The largest absolute Gasteiger partial charge is 0.497 e. The van der Waals surface area contributed by atoms with Gasteiger partial charge in [0.25, 0.3) is 5.91 Å². The van der Waals surface area contributed by atoms with Crippen LogP contribution in [0.25, 0.3) is 0 Å². The lowest BCUT2D eigenvalue weighted by molar-refractivity contribution is -0.119. The quantitative estimate of drug-likeness (QED) is 0.527. The van der Waals surface area contributed by atoms with Crippen LogP contribution in [-0.4, -0.2) is 25.6 Å². The highest BCUT2D eigenvalue weighted by atomic mass is 32.2. The highest BCUT2D eigenvalue weighted by Crippen LogP contribution is 2.31. The van der Waals surface area contributed by atoms with Crippen molar-refractivity contribution in [2.24, 2.45) is 0 Å². The molecule has 0 atom stereocenters. The third kappa shape index (κ3) is 5.87. The minimum Gasteiger partial charge on any atom is -0.497 e. The molecular formula is C24H23NO4S. The van der Waals surface area contributed by atoms with Crippen LogP contribution in [0.3, 0.4) is 0 Å². The second kappa shape index (κ2) is 9.98. The lowest BCUT2D eigenvalue weighted by atomic mass is 10.2. The number of carbonyl (C=O) groups is 2. The average molecular weight is 422 g/mol. The zero-order chi connectivity index (χ0) is 21.5. The van der Waals surface area contributed by atoms with E-state index in [1.165, 1.54) is 16.0 Å². The maximum Gasteiger partial charge on any atom is 0.338 e. The number of amides is 1. The number of aryl methyl sites for hydroxylation is 2. The van der Waals surface area contributed by atoms with E-state index in [1.54, 1.807) is 43.1 Å². The summed E-state index contributed by atoms with van der Waals surface area (Å²) in [5, 5.41) is 2.73. The number of ether oxygens (including phenoxy) is 2. The predicted octanol–water partition coefficient (Wildman–Crippen LogP) is 5.26. The predicted molar refractivity (Wildman–Crippen MR) is 118 cm³/mol. The molecule has 0 saturated carbocycles. The molecular weight excluding hydrogens is 398 g/mol. The van der Waals surface area contributed by atoms with Crippen LogP contribution in [0.5, 0.6) is 5.75 Å². The van der Waals surface area contributed by atoms with Gasteiger partial charge < -0.3 is 14.8 Å². The van der Waals surface area contributed by atoms with E-state index in [2.05, 4.69) is 37.4 Å². The fourth-order valence-electron chi connectivity index (χ4n) is 2.69. The van der Waals surface area contributed by atoms with Crippen LogP contribution in [0.15, 0.2) is 76.5 Å². The molecule has 0 aliphatic heterocycles. The van der Waals surface area contributed by atoms with E-state index in [-0.39, 0.29) is 6.61 Å². The Morgan fingerprint density at radius 2 is 1.63 bits per heavy atom. The van der Waals surface area contributed by atoms with E-state index in [0.717, 1.165) is 4.90 Å². The smallest absolute Gasteiger partial charge is 0.338 e. The van der Waals surface area contributed by atoms with E-state index in [0.29, 0.717) is 17.0 Å². The fraction of sp³-hybridized carbons (Fsp3) is 0.167. The molecule has 30 heavy (non-hydrogen) atoms. The summed E-state index contributed by atoms with van der Waals surface area (Å²) < 4.78 is 10.1. The van der Waals surface area contributed by atoms with Crippen molar-refractivity contribution < 1.29 is 19.1 Å². The molecule has 0 aliphatic rings. The molecule has 1 amide bonds. The number of esters is 1. The Hall–Kier alpha value is -3.25. The molecule has 154 valence electrons. The average Bonchev–Trinajstić information content (AvgIpc) is 2.76. The SMILES string of the molecule is COc1ccc(C(=O)OCC(=O)Nc2ccc(Sc3cc(C)ccc3C)cc2)cc1. The number of methoxy groups -OCH3 is 1. The summed E-state index contributed by atoms with van der Waals surface area (Å²) in [6.45, 7) is 3.80. The van der Waals surface area contributed by atoms with Crippen molar-refractivity contribution in [3.8, 4) is 5.75 Å². The summed E-state index contributed by atoms with van der Waals surface area (Å²) in [6, 6.07) is 20.4. The maximum absolute atomic E-state index is 12.1. The summed E-state index contributed by atoms with van der Waals surface area (Å²) in [5.41, 5.74) is 3.44. The Bertz CT molecular complexity index is 1030. The van der Waals surface area contributed by atoms with Crippen molar-refractivity contribution >= 4 is 29.3 Å². The van der Waals surface area contributed by atoms with Crippen LogP contribution in [0, 0.1) is 13.8 Å². The number of carbonyl (C=O) groups excluding carboxylic acids is 2. The first-order valence-electron chi connectivity index (χ1n) is 9.41. The lowest BCUT2D eigenvalue weighted by Crippen LogP contribution is -2.20. The van der Waals surface area contributed by atoms with E-state index < -0.39 is 11.9 Å². The molecule has 3 rings (SSSR count). The molecule has 0 aromatic heterocycles. The number of nitrogens with one attached hydrogen (secondary N) is 1. The number of anilines is 1. The topological polar surface area (TPSA) is 64.6 Å². The van der Waals surface area contributed by atoms with Gasteiger partial charge in [0.1, 0.15) is 5.75 Å². The van der Waals surface area contributed by atoms with Gasteiger partial charge in [-0.15, -0.1) is 0 Å².